The molecule has 0 heterocycles. The lowest BCUT2D eigenvalue weighted by Gasteiger charge is -2.14. The van der Waals surface area contributed by atoms with E-state index < -0.39 is 0 Å². The van der Waals surface area contributed by atoms with E-state index in [2.05, 4.69) is 145 Å². The lowest BCUT2D eigenvalue weighted by atomic mass is 9.93. The molecule has 0 aliphatic heterocycles. The van der Waals surface area contributed by atoms with Gasteiger partial charge in [-0.2, -0.15) is 0 Å². The second-order valence-electron chi connectivity index (χ2n) is 8.72. The predicted molar refractivity (Wildman–Crippen MR) is 150 cm³/mol. The van der Waals surface area contributed by atoms with Crippen LogP contribution < -0.4 is 5.32 Å². The zero-order chi connectivity index (χ0) is 23.5. The van der Waals surface area contributed by atoms with Crippen molar-refractivity contribution >= 4 is 22.1 Å². The predicted octanol–water partition coefficient (Wildman–Crippen LogP) is 9.58. The van der Waals surface area contributed by atoms with E-state index in [0.29, 0.717) is 0 Å². The third-order valence-corrected chi connectivity index (χ3v) is 6.46. The molecule has 1 nitrogen and oxygen atoms in total. The summed E-state index contributed by atoms with van der Waals surface area (Å²) in [6.45, 7) is 0. The van der Waals surface area contributed by atoms with Crippen LogP contribution in [0.15, 0.2) is 146 Å². The summed E-state index contributed by atoms with van der Waals surface area (Å²) in [7, 11) is 0. The van der Waals surface area contributed by atoms with Crippen LogP contribution >= 0.6 is 0 Å². The fraction of sp³-hybridized carbons (Fsp3) is 0. The Hall–Kier alpha value is -4.62. The topological polar surface area (TPSA) is 12.0 Å². The highest BCUT2D eigenvalue weighted by Gasteiger charge is 2.09. The molecule has 1 heteroatoms. The second kappa shape index (κ2) is 9.32. The normalized spacial score (nSPS) is 10.9. The molecule has 0 spiro atoms. The van der Waals surface area contributed by atoms with Gasteiger partial charge in [-0.25, -0.2) is 0 Å². The number of nitrogens with one attached hydrogen (secondary N) is 1. The van der Waals surface area contributed by atoms with Gasteiger partial charge < -0.3 is 5.32 Å². The molecule has 35 heavy (non-hydrogen) atoms. The van der Waals surface area contributed by atoms with Gasteiger partial charge in [0.1, 0.15) is 0 Å². The van der Waals surface area contributed by atoms with Crippen LogP contribution in [0.25, 0.3) is 44.2 Å². The average Bonchev–Trinajstić information content (AvgIpc) is 2.94. The molecule has 0 unspecified atom stereocenters. The first-order valence-corrected chi connectivity index (χ1v) is 12.0. The molecular weight excluding hydrogens is 422 g/mol. The monoisotopic (exact) mass is 447 g/mol. The summed E-state index contributed by atoms with van der Waals surface area (Å²) >= 11 is 0. The molecule has 0 atom stereocenters. The molecule has 0 aliphatic rings. The second-order valence-corrected chi connectivity index (χ2v) is 8.72. The number of hydrogen-bond donors (Lipinski definition) is 1. The van der Waals surface area contributed by atoms with Gasteiger partial charge >= 0.3 is 0 Å². The zero-order valence-corrected chi connectivity index (χ0v) is 19.4. The number of rotatable bonds is 5. The molecule has 0 amide bonds. The minimum absolute atomic E-state index is 1.07. The number of fused-ring (bicyclic) bond motifs is 1. The molecule has 0 aromatic heterocycles. The summed E-state index contributed by atoms with van der Waals surface area (Å²) in [5.74, 6) is 0. The summed E-state index contributed by atoms with van der Waals surface area (Å²) < 4.78 is 0. The van der Waals surface area contributed by atoms with Gasteiger partial charge in [-0.3, -0.25) is 0 Å². The molecule has 0 saturated carbocycles. The first-order valence-electron chi connectivity index (χ1n) is 12.0. The quantitative estimate of drug-likeness (QED) is 0.277. The Morgan fingerprint density at radius 3 is 1.71 bits per heavy atom. The van der Waals surface area contributed by atoms with E-state index in [0.717, 1.165) is 11.4 Å². The highest BCUT2D eigenvalue weighted by atomic mass is 14.9. The van der Waals surface area contributed by atoms with Gasteiger partial charge in [0.15, 0.2) is 0 Å². The van der Waals surface area contributed by atoms with Crippen LogP contribution in [0.3, 0.4) is 0 Å². The number of para-hydroxylation sites is 1. The van der Waals surface area contributed by atoms with E-state index in [9.17, 15) is 0 Å². The number of hydrogen-bond acceptors (Lipinski definition) is 1. The van der Waals surface area contributed by atoms with Crippen molar-refractivity contribution in [1.82, 2.24) is 0 Å². The van der Waals surface area contributed by atoms with Crippen molar-refractivity contribution in [3.8, 4) is 33.4 Å². The molecular formula is C34H25N. The van der Waals surface area contributed by atoms with E-state index in [1.54, 1.807) is 0 Å². The summed E-state index contributed by atoms with van der Waals surface area (Å²) in [6, 6.07) is 51.5. The van der Waals surface area contributed by atoms with Gasteiger partial charge in [0.2, 0.25) is 0 Å². The Bertz CT molecular complexity index is 1580. The minimum Gasteiger partial charge on any atom is -0.355 e. The van der Waals surface area contributed by atoms with Gasteiger partial charge in [-0.05, 0) is 68.9 Å². The third kappa shape index (κ3) is 4.32. The molecule has 6 aromatic rings. The lowest BCUT2D eigenvalue weighted by Crippen LogP contribution is -1.93. The molecule has 1 N–H and O–H groups in total. The van der Waals surface area contributed by atoms with E-state index in [1.807, 2.05) is 6.07 Å². The van der Waals surface area contributed by atoms with Crippen molar-refractivity contribution in [2.24, 2.45) is 0 Å². The molecule has 0 aliphatic carbocycles. The molecule has 166 valence electrons. The Morgan fingerprint density at radius 2 is 0.971 bits per heavy atom. The number of benzene rings is 6. The van der Waals surface area contributed by atoms with Gasteiger partial charge in [0.25, 0.3) is 0 Å². The highest BCUT2D eigenvalue weighted by Crippen LogP contribution is 2.35. The van der Waals surface area contributed by atoms with Crippen LogP contribution in [0.5, 0.6) is 0 Å². The van der Waals surface area contributed by atoms with Crippen molar-refractivity contribution in [2.45, 2.75) is 0 Å². The van der Waals surface area contributed by atoms with Crippen LogP contribution in [-0.2, 0) is 0 Å². The standard InChI is InChI=1S/C34H25N/c1-3-11-26(12-4-1)32-17-9-10-18-34(32)35-30-21-19-25(20-22-30)29-23-28-15-7-8-16-31(28)33(24-29)27-13-5-2-6-14-27/h1-24,35H. The summed E-state index contributed by atoms with van der Waals surface area (Å²) in [4.78, 5) is 0. The van der Waals surface area contributed by atoms with Crippen molar-refractivity contribution in [3.63, 3.8) is 0 Å². The van der Waals surface area contributed by atoms with Crippen LogP contribution in [0.1, 0.15) is 0 Å². The molecule has 0 saturated heterocycles. The van der Waals surface area contributed by atoms with Crippen LogP contribution in [0, 0.1) is 0 Å². The third-order valence-electron chi connectivity index (χ3n) is 6.46. The Morgan fingerprint density at radius 1 is 0.371 bits per heavy atom. The van der Waals surface area contributed by atoms with Crippen molar-refractivity contribution in [1.29, 1.82) is 0 Å². The average molecular weight is 448 g/mol. The Kier molecular flexibility index (Phi) is 5.58. The number of anilines is 2. The maximum Gasteiger partial charge on any atom is 0.0463 e. The summed E-state index contributed by atoms with van der Waals surface area (Å²) in [5, 5.41) is 6.15. The van der Waals surface area contributed by atoms with Gasteiger partial charge in [-0.15, -0.1) is 0 Å². The van der Waals surface area contributed by atoms with Crippen molar-refractivity contribution < 1.29 is 0 Å². The van der Waals surface area contributed by atoms with E-state index in [1.165, 1.54) is 44.2 Å². The summed E-state index contributed by atoms with van der Waals surface area (Å²) in [5.41, 5.74) is 9.49. The van der Waals surface area contributed by atoms with Crippen molar-refractivity contribution in [3.05, 3.63) is 146 Å². The lowest BCUT2D eigenvalue weighted by molar-refractivity contribution is 1.53. The molecule has 6 aromatic carbocycles. The van der Waals surface area contributed by atoms with Gasteiger partial charge in [-0.1, -0.05) is 115 Å². The first-order chi connectivity index (χ1) is 17.3. The van der Waals surface area contributed by atoms with Crippen LogP contribution in [0.4, 0.5) is 11.4 Å². The fourth-order valence-electron chi connectivity index (χ4n) is 4.70. The first kappa shape index (κ1) is 20.9. The molecule has 6 rings (SSSR count). The molecule has 0 fully saturated rings. The van der Waals surface area contributed by atoms with Gasteiger partial charge in [0.05, 0.1) is 0 Å². The Labute approximate surface area is 206 Å². The zero-order valence-electron chi connectivity index (χ0n) is 19.4. The maximum absolute atomic E-state index is 3.62. The Balaban J connectivity index is 1.35. The summed E-state index contributed by atoms with van der Waals surface area (Å²) in [6.07, 6.45) is 0. The highest BCUT2D eigenvalue weighted by molar-refractivity contribution is 6.00. The smallest absolute Gasteiger partial charge is 0.0463 e. The fourth-order valence-corrected chi connectivity index (χ4v) is 4.70. The SMILES string of the molecule is c1ccc(-c2ccccc2Nc2ccc(-c3cc(-c4ccccc4)c4ccccc4c3)cc2)cc1. The van der Waals surface area contributed by atoms with E-state index in [4.69, 9.17) is 0 Å². The largest absolute Gasteiger partial charge is 0.355 e. The van der Waals surface area contributed by atoms with Gasteiger partial charge in [0, 0.05) is 16.9 Å². The van der Waals surface area contributed by atoms with E-state index >= 15 is 0 Å². The maximum atomic E-state index is 3.62. The molecule has 0 bridgehead atoms. The van der Waals surface area contributed by atoms with Crippen molar-refractivity contribution in [2.75, 3.05) is 5.32 Å². The van der Waals surface area contributed by atoms with E-state index in [-0.39, 0.29) is 0 Å². The van der Waals surface area contributed by atoms with Crippen LogP contribution in [-0.4, -0.2) is 0 Å². The molecule has 0 radical (unpaired) electrons. The minimum atomic E-state index is 1.07. The van der Waals surface area contributed by atoms with Crippen LogP contribution in [0.2, 0.25) is 0 Å².